The number of halogens is 5. The smallest absolute Gasteiger partial charge is 0.206 e. The van der Waals surface area contributed by atoms with Gasteiger partial charge in [-0.05, 0) is 92.5 Å². The number of fused-ring (bicyclic) bond motifs is 1. The van der Waals surface area contributed by atoms with Crippen LogP contribution in [0, 0.1) is 29.4 Å². The lowest BCUT2D eigenvalue weighted by molar-refractivity contribution is -0.140. The number of hydrogen-bond acceptors (Lipinski definition) is 0. The standard InChI is InChI=1S/C30H27F5/c1-2-3-4-5-20-6-10-22(11-7-20)24-15-16-26-25(19-24)14-13-23(29(26)32)12-8-21-9-17-27(28(31)18-21)30(33,34)35/h2-3,9,13-20,22H,4-7,10-11H2,1H3/b3-2+. The summed E-state index contributed by atoms with van der Waals surface area (Å²) in [4.78, 5) is 0. The zero-order chi connectivity index (χ0) is 25.0. The fourth-order valence-corrected chi connectivity index (χ4v) is 4.91. The Morgan fingerprint density at radius 2 is 1.69 bits per heavy atom. The van der Waals surface area contributed by atoms with Crippen LogP contribution in [0.5, 0.6) is 0 Å². The van der Waals surface area contributed by atoms with E-state index in [1.807, 2.05) is 18.2 Å². The van der Waals surface area contributed by atoms with E-state index in [0.29, 0.717) is 17.4 Å². The van der Waals surface area contributed by atoms with E-state index in [1.165, 1.54) is 24.8 Å². The first-order valence-corrected chi connectivity index (χ1v) is 12.0. The van der Waals surface area contributed by atoms with Gasteiger partial charge in [-0.25, -0.2) is 8.78 Å². The van der Waals surface area contributed by atoms with Gasteiger partial charge in [0.15, 0.2) is 0 Å². The Morgan fingerprint density at radius 1 is 0.914 bits per heavy atom. The second-order valence-electron chi connectivity index (χ2n) is 9.21. The molecule has 1 aliphatic carbocycles. The third kappa shape index (κ3) is 5.93. The molecule has 0 bridgehead atoms. The highest BCUT2D eigenvalue weighted by atomic mass is 19.4. The summed E-state index contributed by atoms with van der Waals surface area (Å²) in [6, 6.07) is 11.6. The highest BCUT2D eigenvalue weighted by Crippen LogP contribution is 2.38. The summed E-state index contributed by atoms with van der Waals surface area (Å²) in [6.07, 6.45) is 6.65. The van der Waals surface area contributed by atoms with E-state index in [9.17, 15) is 17.6 Å². The van der Waals surface area contributed by atoms with E-state index in [-0.39, 0.29) is 11.1 Å². The molecule has 0 spiro atoms. The van der Waals surface area contributed by atoms with Crippen molar-refractivity contribution in [1.82, 2.24) is 0 Å². The summed E-state index contributed by atoms with van der Waals surface area (Å²) in [7, 11) is 0. The van der Waals surface area contributed by atoms with Crippen molar-refractivity contribution in [2.24, 2.45) is 5.92 Å². The van der Waals surface area contributed by atoms with Gasteiger partial charge >= 0.3 is 6.18 Å². The van der Waals surface area contributed by atoms with Crippen LogP contribution in [-0.2, 0) is 6.18 Å². The van der Waals surface area contributed by atoms with Crippen LogP contribution in [-0.4, -0.2) is 0 Å². The predicted molar refractivity (Wildman–Crippen MR) is 130 cm³/mol. The average Bonchev–Trinajstić information content (AvgIpc) is 2.83. The van der Waals surface area contributed by atoms with E-state index in [1.54, 1.807) is 12.1 Å². The van der Waals surface area contributed by atoms with Gasteiger partial charge in [0.1, 0.15) is 11.6 Å². The van der Waals surface area contributed by atoms with Gasteiger partial charge in [0.05, 0.1) is 11.1 Å². The second-order valence-corrected chi connectivity index (χ2v) is 9.21. The maximum atomic E-state index is 15.1. The van der Waals surface area contributed by atoms with E-state index in [2.05, 4.69) is 30.9 Å². The van der Waals surface area contributed by atoms with Gasteiger partial charge in [0.2, 0.25) is 0 Å². The highest BCUT2D eigenvalue weighted by Gasteiger charge is 2.33. The fourth-order valence-electron chi connectivity index (χ4n) is 4.91. The van der Waals surface area contributed by atoms with Gasteiger partial charge in [-0.2, -0.15) is 13.2 Å². The van der Waals surface area contributed by atoms with Crippen molar-refractivity contribution in [3.8, 4) is 11.8 Å². The summed E-state index contributed by atoms with van der Waals surface area (Å²) >= 11 is 0. The lowest BCUT2D eigenvalue weighted by Crippen LogP contribution is -2.13. The van der Waals surface area contributed by atoms with Crippen molar-refractivity contribution >= 4 is 10.8 Å². The molecule has 0 amide bonds. The van der Waals surface area contributed by atoms with Gasteiger partial charge in [0.25, 0.3) is 0 Å². The molecule has 5 heteroatoms. The Labute approximate surface area is 202 Å². The molecule has 0 aromatic heterocycles. The summed E-state index contributed by atoms with van der Waals surface area (Å²) in [5, 5.41) is 1.24. The van der Waals surface area contributed by atoms with Gasteiger partial charge in [-0.15, -0.1) is 0 Å². The monoisotopic (exact) mass is 482 g/mol. The van der Waals surface area contributed by atoms with Crippen molar-refractivity contribution < 1.29 is 22.0 Å². The molecule has 1 saturated carbocycles. The van der Waals surface area contributed by atoms with Gasteiger partial charge in [0, 0.05) is 10.9 Å². The Balaban J connectivity index is 1.49. The number of alkyl halides is 3. The molecule has 0 saturated heterocycles. The Bertz CT molecular complexity index is 1280. The third-order valence-electron chi connectivity index (χ3n) is 6.89. The molecule has 0 radical (unpaired) electrons. The normalized spacial score (nSPS) is 18.6. The van der Waals surface area contributed by atoms with Crippen molar-refractivity contribution in [3.63, 3.8) is 0 Å². The maximum Gasteiger partial charge on any atom is 0.419 e. The molecule has 182 valence electrons. The average molecular weight is 483 g/mol. The molecule has 1 fully saturated rings. The minimum atomic E-state index is -4.77. The Kier molecular flexibility index (Phi) is 7.60. The lowest BCUT2D eigenvalue weighted by atomic mass is 9.77. The van der Waals surface area contributed by atoms with Crippen molar-refractivity contribution in [2.75, 3.05) is 0 Å². The van der Waals surface area contributed by atoms with Gasteiger partial charge < -0.3 is 0 Å². The van der Waals surface area contributed by atoms with Crippen LogP contribution in [0.1, 0.15) is 73.6 Å². The molecule has 0 nitrogen and oxygen atoms in total. The minimum absolute atomic E-state index is 0.0478. The molecular formula is C30H27F5. The Morgan fingerprint density at radius 3 is 2.37 bits per heavy atom. The summed E-state index contributed by atoms with van der Waals surface area (Å²) in [5.41, 5.74) is 0.0413. The van der Waals surface area contributed by atoms with E-state index in [0.717, 1.165) is 42.7 Å². The van der Waals surface area contributed by atoms with Crippen LogP contribution < -0.4 is 0 Å². The van der Waals surface area contributed by atoms with Crippen molar-refractivity contribution in [3.05, 3.63) is 94.6 Å². The molecule has 0 unspecified atom stereocenters. The molecule has 1 aliphatic rings. The molecule has 0 heterocycles. The summed E-state index contributed by atoms with van der Waals surface area (Å²) < 4.78 is 67.1. The predicted octanol–water partition coefficient (Wildman–Crippen LogP) is 9.17. The fraction of sp³-hybridized carbons (Fsp3) is 0.333. The van der Waals surface area contributed by atoms with Crippen LogP contribution in [0.25, 0.3) is 10.8 Å². The number of hydrogen-bond donors (Lipinski definition) is 0. The molecule has 0 N–H and O–H groups in total. The van der Waals surface area contributed by atoms with Gasteiger partial charge in [-0.3, -0.25) is 0 Å². The SMILES string of the molecule is C/C=C/CCC1CCC(c2ccc3c(F)c(C#Cc4ccc(C(F)(F)F)c(F)c4)ccc3c2)CC1. The van der Waals surface area contributed by atoms with Gasteiger partial charge in [-0.1, -0.05) is 48.3 Å². The first kappa shape index (κ1) is 25.0. The number of allylic oxidation sites excluding steroid dienone is 2. The van der Waals surface area contributed by atoms with Crippen molar-refractivity contribution in [2.45, 2.75) is 57.5 Å². The topological polar surface area (TPSA) is 0 Å². The highest BCUT2D eigenvalue weighted by molar-refractivity contribution is 5.85. The molecule has 35 heavy (non-hydrogen) atoms. The third-order valence-corrected chi connectivity index (χ3v) is 6.89. The first-order chi connectivity index (χ1) is 16.8. The number of rotatable bonds is 4. The molecule has 0 atom stereocenters. The van der Waals surface area contributed by atoms with E-state index in [4.69, 9.17) is 0 Å². The largest absolute Gasteiger partial charge is 0.419 e. The van der Waals surface area contributed by atoms with Crippen molar-refractivity contribution in [1.29, 1.82) is 0 Å². The zero-order valence-electron chi connectivity index (χ0n) is 19.6. The number of benzene rings is 3. The van der Waals surface area contributed by atoms with Crippen LogP contribution >= 0.6 is 0 Å². The van der Waals surface area contributed by atoms with E-state index >= 15 is 4.39 Å². The second kappa shape index (κ2) is 10.6. The lowest BCUT2D eigenvalue weighted by Gasteiger charge is -2.28. The molecule has 0 aliphatic heterocycles. The molecule has 3 aromatic rings. The van der Waals surface area contributed by atoms with Crippen LogP contribution in [0.2, 0.25) is 0 Å². The van der Waals surface area contributed by atoms with Crippen LogP contribution in [0.15, 0.2) is 60.7 Å². The van der Waals surface area contributed by atoms with Crippen LogP contribution in [0.3, 0.4) is 0 Å². The summed E-state index contributed by atoms with van der Waals surface area (Å²) in [6.45, 7) is 2.05. The summed E-state index contributed by atoms with van der Waals surface area (Å²) in [5.74, 6) is 4.58. The first-order valence-electron chi connectivity index (χ1n) is 12.0. The quantitative estimate of drug-likeness (QED) is 0.198. The zero-order valence-corrected chi connectivity index (χ0v) is 19.6. The van der Waals surface area contributed by atoms with E-state index < -0.39 is 23.4 Å². The maximum absolute atomic E-state index is 15.1. The van der Waals surface area contributed by atoms with Crippen LogP contribution in [0.4, 0.5) is 22.0 Å². The minimum Gasteiger partial charge on any atom is -0.206 e. The molecule has 4 rings (SSSR count). The molecule has 3 aromatic carbocycles. The molecular weight excluding hydrogens is 455 g/mol. The Hall–Kier alpha value is -3.13.